The third kappa shape index (κ3) is 3.64. The van der Waals surface area contributed by atoms with E-state index in [0.717, 1.165) is 6.54 Å². The second-order valence-corrected chi connectivity index (χ2v) is 3.89. The standard InChI is InChI=1S/C10H20N2O2/c1-9-4-2-3-6-12(9)8-10(14)11-5-7-13/h9,13H,2-8H2,1H3,(H,11,14). The first-order valence-electron chi connectivity index (χ1n) is 5.35. The molecule has 1 heterocycles. The Morgan fingerprint density at radius 1 is 1.57 bits per heavy atom. The average Bonchev–Trinajstić information content (AvgIpc) is 2.18. The van der Waals surface area contributed by atoms with Crippen molar-refractivity contribution in [1.29, 1.82) is 0 Å². The maximum absolute atomic E-state index is 11.4. The number of hydrogen-bond donors (Lipinski definition) is 2. The summed E-state index contributed by atoms with van der Waals surface area (Å²) in [5, 5.41) is 11.2. The molecule has 0 aromatic carbocycles. The van der Waals surface area contributed by atoms with E-state index in [0.29, 0.717) is 19.1 Å². The zero-order valence-electron chi connectivity index (χ0n) is 8.83. The van der Waals surface area contributed by atoms with E-state index < -0.39 is 0 Å². The summed E-state index contributed by atoms with van der Waals surface area (Å²) in [5.41, 5.74) is 0. The molecular weight excluding hydrogens is 180 g/mol. The van der Waals surface area contributed by atoms with E-state index in [1.165, 1.54) is 19.3 Å². The van der Waals surface area contributed by atoms with Gasteiger partial charge in [0.15, 0.2) is 0 Å². The Kier molecular flexibility index (Phi) is 4.90. The van der Waals surface area contributed by atoms with Crippen LogP contribution in [-0.4, -0.2) is 48.2 Å². The van der Waals surface area contributed by atoms with Gasteiger partial charge in [-0.1, -0.05) is 6.42 Å². The average molecular weight is 200 g/mol. The topological polar surface area (TPSA) is 52.6 Å². The van der Waals surface area contributed by atoms with Crippen LogP contribution in [0.4, 0.5) is 0 Å². The summed E-state index contributed by atoms with van der Waals surface area (Å²) in [6, 6.07) is 0.517. The molecule has 0 aliphatic carbocycles. The summed E-state index contributed by atoms with van der Waals surface area (Å²) in [7, 11) is 0. The molecule has 1 amide bonds. The lowest BCUT2D eigenvalue weighted by molar-refractivity contribution is -0.123. The molecule has 1 fully saturated rings. The number of nitrogens with one attached hydrogen (secondary N) is 1. The number of amides is 1. The van der Waals surface area contributed by atoms with Crippen molar-refractivity contribution < 1.29 is 9.90 Å². The largest absolute Gasteiger partial charge is 0.395 e. The molecule has 0 saturated carbocycles. The minimum Gasteiger partial charge on any atom is -0.395 e. The number of aliphatic hydroxyl groups is 1. The van der Waals surface area contributed by atoms with Crippen molar-refractivity contribution in [2.45, 2.75) is 32.2 Å². The van der Waals surface area contributed by atoms with Crippen LogP contribution >= 0.6 is 0 Å². The fraction of sp³-hybridized carbons (Fsp3) is 0.900. The molecule has 2 N–H and O–H groups in total. The number of likely N-dealkylation sites (tertiary alicyclic amines) is 1. The van der Waals surface area contributed by atoms with Gasteiger partial charge < -0.3 is 10.4 Å². The number of carbonyl (C=O) groups excluding carboxylic acids is 1. The number of aliphatic hydroxyl groups excluding tert-OH is 1. The number of piperidine rings is 1. The SMILES string of the molecule is CC1CCCCN1CC(=O)NCCO. The summed E-state index contributed by atoms with van der Waals surface area (Å²) in [5.74, 6) is 0.0211. The Bertz CT molecular complexity index is 185. The number of nitrogens with zero attached hydrogens (tertiary/aromatic N) is 1. The van der Waals surface area contributed by atoms with Gasteiger partial charge in [-0.05, 0) is 26.3 Å². The van der Waals surface area contributed by atoms with Gasteiger partial charge in [-0.25, -0.2) is 0 Å². The molecule has 1 saturated heterocycles. The normalized spacial score (nSPS) is 23.4. The molecule has 14 heavy (non-hydrogen) atoms. The van der Waals surface area contributed by atoms with Gasteiger partial charge in [0.05, 0.1) is 13.2 Å². The van der Waals surface area contributed by atoms with Crippen molar-refractivity contribution in [2.24, 2.45) is 0 Å². The summed E-state index contributed by atoms with van der Waals surface area (Å²) in [6.45, 7) is 4.04. The lowest BCUT2D eigenvalue weighted by Crippen LogP contribution is -2.44. The van der Waals surface area contributed by atoms with Gasteiger partial charge in [0.1, 0.15) is 0 Å². The fourth-order valence-electron chi connectivity index (χ4n) is 1.83. The number of carbonyl (C=O) groups is 1. The zero-order chi connectivity index (χ0) is 10.4. The number of rotatable bonds is 4. The van der Waals surface area contributed by atoms with Gasteiger partial charge in [0.2, 0.25) is 5.91 Å². The monoisotopic (exact) mass is 200 g/mol. The van der Waals surface area contributed by atoms with Crippen LogP contribution in [0.25, 0.3) is 0 Å². The highest BCUT2D eigenvalue weighted by atomic mass is 16.3. The molecule has 0 bridgehead atoms. The molecular formula is C10H20N2O2. The Morgan fingerprint density at radius 3 is 3.00 bits per heavy atom. The highest BCUT2D eigenvalue weighted by molar-refractivity contribution is 5.78. The van der Waals surface area contributed by atoms with E-state index >= 15 is 0 Å². The van der Waals surface area contributed by atoms with Crippen LogP contribution < -0.4 is 5.32 Å². The van der Waals surface area contributed by atoms with Gasteiger partial charge in [0.25, 0.3) is 0 Å². The van der Waals surface area contributed by atoms with Crippen LogP contribution in [0.2, 0.25) is 0 Å². The Balaban J connectivity index is 2.23. The van der Waals surface area contributed by atoms with Crippen LogP contribution in [0.1, 0.15) is 26.2 Å². The molecule has 82 valence electrons. The van der Waals surface area contributed by atoms with E-state index in [1.54, 1.807) is 0 Å². The van der Waals surface area contributed by atoms with Crippen LogP contribution in [0, 0.1) is 0 Å². The Hall–Kier alpha value is -0.610. The molecule has 4 nitrogen and oxygen atoms in total. The summed E-state index contributed by atoms with van der Waals surface area (Å²) >= 11 is 0. The molecule has 1 aliphatic rings. The fourth-order valence-corrected chi connectivity index (χ4v) is 1.83. The lowest BCUT2D eigenvalue weighted by atomic mass is 10.0. The molecule has 0 aromatic rings. The Labute approximate surface area is 85.3 Å². The van der Waals surface area contributed by atoms with Crippen LogP contribution in [0.3, 0.4) is 0 Å². The Morgan fingerprint density at radius 2 is 2.36 bits per heavy atom. The van der Waals surface area contributed by atoms with Crippen molar-refractivity contribution in [3.05, 3.63) is 0 Å². The number of hydrogen-bond acceptors (Lipinski definition) is 3. The third-order valence-corrected chi connectivity index (χ3v) is 2.72. The molecule has 0 aromatic heterocycles. The van der Waals surface area contributed by atoms with Crippen LogP contribution in [0.15, 0.2) is 0 Å². The van der Waals surface area contributed by atoms with Crippen molar-refractivity contribution in [3.8, 4) is 0 Å². The van der Waals surface area contributed by atoms with Crippen molar-refractivity contribution >= 4 is 5.91 Å². The lowest BCUT2D eigenvalue weighted by Gasteiger charge is -2.32. The minimum absolute atomic E-state index is 0.0152. The predicted octanol–water partition coefficient (Wildman–Crippen LogP) is -0.0307. The molecule has 0 spiro atoms. The van der Waals surface area contributed by atoms with Crippen molar-refractivity contribution in [3.63, 3.8) is 0 Å². The van der Waals surface area contributed by atoms with Gasteiger partial charge in [-0.2, -0.15) is 0 Å². The summed E-state index contributed by atoms with van der Waals surface area (Å²) in [4.78, 5) is 13.6. The first kappa shape index (κ1) is 11.5. The summed E-state index contributed by atoms with van der Waals surface area (Å²) < 4.78 is 0. The highest BCUT2D eigenvalue weighted by Crippen LogP contribution is 2.15. The first-order chi connectivity index (χ1) is 6.74. The van der Waals surface area contributed by atoms with E-state index in [9.17, 15) is 4.79 Å². The molecule has 4 heteroatoms. The third-order valence-electron chi connectivity index (χ3n) is 2.72. The van der Waals surface area contributed by atoms with E-state index in [4.69, 9.17) is 5.11 Å². The van der Waals surface area contributed by atoms with E-state index in [2.05, 4.69) is 17.1 Å². The van der Waals surface area contributed by atoms with Gasteiger partial charge >= 0.3 is 0 Å². The summed E-state index contributed by atoms with van der Waals surface area (Å²) in [6.07, 6.45) is 3.65. The van der Waals surface area contributed by atoms with Gasteiger partial charge in [-0.15, -0.1) is 0 Å². The molecule has 1 unspecified atom stereocenters. The zero-order valence-corrected chi connectivity index (χ0v) is 8.83. The van der Waals surface area contributed by atoms with Crippen molar-refractivity contribution in [2.75, 3.05) is 26.2 Å². The second-order valence-electron chi connectivity index (χ2n) is 3.89. The maximum atomic E-state index is 11.4. The van der Waals surface area contributed by atoms with Crippen molar-refractivity contribution in [1.82, 2.24) is 10.2 Å². The van der Waals surface area contributed by atoms with E-state index in [-0.39, 0.29) is 12.5 Å². The minimum atomic E-state index is 0.0152. The molecule has 0 radical (unpaired) electrons. The van der Waals surface area contributed by atoms with Crippen LogP contribution in [-0.2, 0) is 4.79 Å². The highest BCUT2D eigenvalue weighted by Gasteiger charge is 2.19. The first-order valence-corrected chi connectivity index (χ1v) is 5.35. The maximum Gasteiger partial charge on any atom is 0.234 e. The van der Waals surface area contributed by atoms with E-state index in [1.807, 2.05) is 0 Å². The smallest absolute Gasteiger partial charge is 0.234 e. The van der Waals surface area contributed by atoms with Gasteiger partial charge in [-0.3, -0.25) is 9.69 Å². The molecule has 1 aliphatic heterocycles. The molecule has 1 rings (SSSR count). The quantitative estimate of drug-likeness (QED) is 0.670. The van der Waals surface area contributed by atoms with Crippen LogP contribution in [0.5, 0.6) is 0 Å². The van der Waals surface area contributed by atoms with Gasteiger partial charge in [0, 0.05) is 12.6 Å². The molecule has 1 atom stereocenters. The second kappa shape index (κ2) is 5.98. The predicted molar refractivity (Wildman–Crippen MR) is 55.0 cm³/mol.